The first-order chi connectivity index (χ1) is 14.6. The SMILES string of the molecule is CN1C[C@@H](O)C[C@@H]1COc1nc(N)c2c(n1)CN(c1cccc(F)c1C(F)(F)F)CC2. The van der Waals surface area contributed by atoms with Crippen LogP contribution >= 0.6 is 0 Å². The van der Waals surface area contributed by atoms with Crippen LogP contribution in [-0.4, -0.2) is 58.9 Å². The molecule has 1 saturated heterocycles. The molecular formula is C20H23F4N5O2. The van der Waals surface area contributed by atoms with Gasteiger partial charge in [-0.3, -0.25) is 4.90 Å². The van der Waals surface area contributed by atoms with Gasteiger partial charge in [-0.15, -0.1) is 0 Å². The summed E-state index contributed by atoms with van der Waals surface area (Å²) < 4.78 is 60.0. The zero-order chi connectivity index (χ0) is 22.3. The fraction of sp³-hybridized carbons (Fsp3) is 0.500. The van der Waals surface area contributed by atoms with Crippen molar-refractivity contribution in [2.24, 2.45) is 0 Å². The van der Waals surface area contributed by atoms with E-state index in [2.05, 4.69) is 9.97 Å². The van der Waals surface area contributed by atoms with Crippen LogP contribution < -0.4 is 15.4 Å². The first-order valence-corrected chi connectivity index (χ1v) is 9.90. The molecule has 2 aliphatic heterocycles. The van der Waals surface area contributed by atoms with E-state index in [0.717, 1.165) is 6.07 Å². The van der Waals surface area contributed by atoms with Crippen molar-refractivity contribution in [2.75, 3.05) is 37.4 Å². The van der Waals surface area contributed by atoms with Gasteiger partial charge in [0.15, 0.2) is 0 Å². The van der Waals surface area contributed by atoms with Gasteiger partial charge in [0.25, 0.3) is 0 Å². The highest BCUT2D eigenvalue weighted by molar-refractivity contribution is 5.58. The second-order valence-corrected chi connectivity index (χ2v) is 7.91. The third kappa shape index (κ3) is 4.38. The van der Waals surface area contributed by atoms with Crippen LogP contribution in [0.1, 0.15) is 23.2 Å². The minimum absolute atomic E-state index is 0.00556. The Morgan fingerprint density at radius 2 is 2.06 bits per heavy atom. The Morgan fingerprint density at radius 3 is 2.74 bits per heavy atom. The number of nitrogen functional groups attached to an aromatic ring is 1. The molecular weight excluding hydrogens is 418 g/mol. The van der Waals surface area contributed by atoms with Crippen molar-refractivity contribution in [3.63, 3.8) is 0 Å². The summed E-state index contributed by atoms with van der Waals surface area (Å²) >= 11 is 0. The number of aliphatic hydroxyl groups is 1. The van der Waals surface area contributed by atoms with Crippen LogP contribution in [0.3, 0.4) is 0 Å². The summed E-state index contributed by atoms with van der Waals surface area (Å²) in [7, 11) is 1.88. The van der Waals surface area contributed by atoms with E-state index < -0.39 is 23.7 Å². The quantitative estimate of drug-likeness (QED) is 0.704. The van der Waals surface area contributed by atoms with Crippen molar-refractivity contribution in [2.45, 2.75) is 37.7 Å². The van der Waals surface area contributed by atoms with E-state index in [1.807, 2.05) is 11.9 Å². The van der Waals surface area contributed by atoms with E-state index in [4.69, 9.17) is 10.5 Å². The van der Waals surface area contributed by atoms with E-state index in [0.29, 0.717) is 30.6 Å². The summed E-state index contributed by atoms with van der Waals surface area (Å²) in [6.07, 6.45) is -4.36. The number of likely N-dealkylation sites (N-methyl/N-ethyl adjacent to an activating group) is 1. The topological polar surface area (TPSA) is 87.7 Å². The molecule has 0 bridgehead atoms. The first-order valence-electron chi connectivity index (χ1n) is 9.90. The smallest absolute Gasteiger partial charge is 0.421 e. The maximum absolute atomic E-state index is 14.0. The molecule has 1 aromatic heterocycles. The lowest BCUT2D eigenvalue weighted by Gasteiger charge is -2.32. The van der Waals surface area contributed by atoms with Gasteiger partial charge in [0.1, 0.15) is 23.8 Å². The number of ether oxygens (including phenoxy) is 1. The molecule has 2 aliphatic rings. The Kier molecular flexibility index (Phi) is 5.65. The average Bonchev–Trinajstić information content (AvgIpc) is 3.02. The van der Waals surface area contributed by atoms with E-state index in [9.17, 15) is 22.7 Å². The van der Waals surface area contributed by atoms with Gasteiger partial charge in [-0.1, -0.05) is 6.07 Å². The summed E-state index contributed by atoms with van der Waals surface area (Å²) in [6.45, 7) is 1.04. The number of aromatic nitrogens is 2. The molecule has 0 aliphatic carbocycles. The number of alkyl halides is 3. The number of hydrogen-bond acceptors (Lipinski definition) is 7. The summed E-state index contributed by atoms with van der Waals surface area (Å²) in [6, 6.07) is 3.33. The number of likely N-dealkylation sites (tertiary alicyclic amines) is 1. The highest BCUT2D eigenvalue weighted by atomic mass is 19.4. The van der Waals surface area contributed by atoms with Crippen molar-refractivity contribution < 1.29 is 27.4 Å². The van der Waals surface area contributed by atoms with E-state index in [1.165, 1.54) is 17.0 Å². The molecule has 2 atom stereocenters. The lowest BCUT2D eigenvalue weighted by molar-refractivity contribution is -0.139. The lowest BCUT2D eigenvalue weighted by Crippen LogP contribution is -2.34. The predicted molar refractivity (Wildman–Crippen MR) is 105 cm³/mol. The van der Waals surface area contributed by atoms with E-state index >= 15 is 0 Å². The van der Waals surface area contributed by atoms with Crippen molar-refractivity contribution in [3.8, 4) is 6.01 Å². The summed E-state index contributed by atoms with van der Waals surface area (Å²) in [5.74, 6) is -1.10. The fourth-order valence-corrected chi connectivity index (χ4v) is 4.18. The van der Waals surface area contributed by atoms with Crippen molar-refractivity contribution in [1.82, 2.24) is 14.9 Å². The number of nitrogens with two attached hydrogens (primary N) is 1. The number of benzene rings is 1. The monoisotopic (exact) mass is 441 g/mol. The predicted octanol–water partition coefficient (Wildman–Crippen LogP) is 2.22. The van der Waals surface area contributed by atoms with Crippen LogP contribution in [0.2, 0.25) is 0 Å². The molecule has 3 heterocycles. The van der Waals surface area contributed by atoms with Gasteiger partial charge in [0, 0.05) is 24.7 Å². The second-order valence-electron chi connectivity index (χ2n) is 7.91. The fourth-order valence-electron chi connectivity index (χ4n) is 4.18. The van der Waals surface area contributed by atoms with Crippen LogP contribution in [-0.2, 0) is 19.1 Å². The minimum atomic E-state index is -4.82. The molecule has 4 rings (SSSR count). The lowest BCUT2D eigenvalue weighted by atomic mass is 10.0. The number of halogens is 4. The molecule has 0 spiro atoms. The van der Waals surface area contributed by atoms with Crippen LogP contribution in [0.25, 0.3) is 0 Å². The van der Waals surface area contributed by atoms with Crippen molar-refractivity contribution >= 4 is 11.5 Å². The molecule has 2 aromatic rings. The van der Waals surface area contributed by atoms with Crippen molar-refractivity contribution in [1.29, 1.82) is 0 Å². The average molecular weight is 441 g/mol. The van der Waals surface area contributed by atoms with E-state index in [-0.39, 0.29) is 43.3 Å². The van der Waals surface area contributed by atoms with E-state index in [1.54, 1.807) is 0 Å². The number of hydrogen-bond donors (Lipinski definition) is 2. The van der Waals surface area contributed by atoms with Gasteiger partial charge >= 0.3 is 12.2 Å². The number of fused-ring (bicyclic) bond motifs is 1. The van der Waals surface area contributed by atoms with Gasteiger partial charge in [-0.2, -0.15) is 23.1 Å². The summed E-state index contributed by atoms with van der Waals surface area (Å²) in [5, 5.41) is 9.75. The normalized spacial score (nSPS) is 21.9. The Bertz CT molecular complexity index is 971. The molecule has 7 nitrogen and oxygen atoms in total. The zero-order valence-corrected chi connectivity index (χ0v) is 16.9. The third-order valence-electron chi connectivity index (χ3n) is 5.76. The number of aliphatic hydroxyl groups excluding tert-OH is 1. The Morgan fingerprint density at radius 1 is 1.29 bits per heavy atom. The Balaban J connectivity index is 1.56. The van der Waals surface area contributed by atoms with Crippen LogP contribution in [0.5, 0.6) is 6.01 Å². The molecule has 3 N–H and O–H groups in total. The number of β-amino-alcohol motifs (C(OH)–C–C–N with tert-alkyl or cyclic N) is 1. The van der Waals surface area contributed by atoms with Crippen LogP contribution in [0.4, 0.5) is 29.1 Å². The van der Waals surface area contributed by atoms with Crippen molar-refractivity contribution in [3.05, 3.63) is 40.8 Å². The maximum atomic E-state index is 14.0. The molecule has 11 heteroatoms. The Hall–Kier alpha value is -2.66. The van der Waals surface area contributed by atoms with Gasteiger partial charge in [-0.25, -0.2) is 4.39 Å². The first kappa shape index (κ1) is 21.6. The van der Waals surface area contributed by atoms with Gasteiger partial charge < -0.3 is 20.5 Å². The highest BCUT2D eigenvalue weighted by Crippen LogP contribution is 2.40. The third-order valence-corrected chi connectivity index (χ3v) is 5.76. The molecule has 168 valence electrons. The molecule has 0 unspecified atom stereocenters. The van der Waals surface area contributed by atoms with Gasteiger partial charge in [0.2, 0.25) is 0 Å². The van der Waals surface area contributed by atoms with Gasteiger partial charge in [-0.05, 0) is 32.0 Å². The molecule has 0 radical (unpaired) electrons. The molecule has 1 aromatic carbocycles. The number of nitrogens with zero attached hydrogens (tertiary/aromatic N) is 4. The largest absolute Gasteiger partial charge is 0.462 e. The number of rotatable bonds is 4. The summed E-state index contributed by atoms with van der Waals surface area (Å²) in [5.41, 5.74) is 5.62. The van der Waals surface area contributed by atoms with Gasteiger partial charge in [0.05, 0.1) is 24.0 Å². The second kappa shape index (κ2) is 8.12. The zero-order valence-electron chi connectivity index (χ0n) is 16.9. The Labute approximate surface area is 176 Å². The molecule has 0 amide bonds. The summed E-state index contributed by atoms with van der Waals surface area (Å²) in [4.78, 5) is 11.9. The molecule has 0 saturated carbocycles. The minimum Gasteiger partial charge on any atom is -0.462 e. The van der Waals surface area contributed by atoms with Crippen LogP contribution in [0.15, 0.2) is 18.2 Å². The standard InChI is InChI=1S/C20H23F4N5O2/c1-28-8-12(30)7-11(28)10-31-19-26-15-9-29(6-5-13(15)18(25)27-19)16-4-2-3-14(21)17(16)20(22,23)24/h2-4,11-12,30H,5-10H2,1H3,(H2,25,26,27)/t11-,12+/m1/s1. The van der Waals surface area contributed by atoms with Crippen LogP contribution in [0, 0.1) is 5.82 Å². The number of anilines is 2. The molecule has 31 heavy (non-hydrogen) atoms. The maximum Gasteiger partial charge on any atom is 0.421 e. The highest BCUT2D eigenvalue weighted by Gasteiger charge is 2.39. The molecule has 1 fully saturated rings.